The van der Waals surface area contributed by atoms with Crippen LogP contribution in [0.25, 0.3) is 10.9 Å². The molecule has 0 aliphatic carbocycles. The van der Waals surface area contributed by atoms with Crippen LogP contribution in [0.5, 0.6) is 5.75 Å². The second kappa shape index (κ2) is 5.67. The summed E-state index contributed by atoms with van der Waals surface area (Å²) < 4.78 is 12.6. The average Bonchev–Trinajstić information content (AvgIpc) is 2.92. The molecule has 4 rings (SSSR count). The van der Waals surface area contributed by atoms with Gasteiger partial charge in [-0.05, 0) is 30.5 Å². The molecule has 0 unspecified atom stereocenters. The molecule has 1 aromatic carbocycles. The molecule has 2 aliphatic heterocycles. The first-order chi connectivity index (χ1) is 11.7. The summed E-state index contributed by atoms with van der Waals surface area (Å²) >= 11 is 0. The van der Waals surface area contributed by atoms with E-state index in [4.69, 9.17) is 9.47 Å². The summed E-state index contributed by atoms with van der Waals surface area (Å²) in [6.07, 6.45) is 3.94. The van der Waals surface area contributed by atoms with E-state index in [1.165, 1.54) is 23.8 Å². The summed E-state index contributed by atoms with van der Waals surface area (Å²) in [6, 6.07) is 6.20. The maximum absolute atomic E-state index is 12.3. The van der Waals surface area contributed by atoms with Gasteiger partial charge in [-0.25, -0.2) is 4.79 Å². The molecule has 3 heterocycles. The fourth-order valence-electron chi connectivity index (χ4n) is 4.21. The number of esters is 1. The number of carbonyl (C=O) groups excluding carboxylic acids is 1. The fourth-order valence-corrected chi connectivity index (χ4v) is 4.21. The molecule has 0 bridgehead atoms. The zero-order valence-electron chi connectivity index (χ0n) is 14.3. The number of hydrogen-bond acceptors (Lipinski definition) is 4. The van der Waals surface area contributed by atoms with Crippen LogP contribution in [0.15, 0.2) is 29.8 Å². The third kappa shape index (κ3) is 2.08. The minimum absolute atomic E-state index is 0.0154. The van der Waals surface area contributed by atoms with Crippen molar-refractivity contribution >= 4 is 16.9 Å². The van der Waals surface area contributed by atoms with Crippen molar-refractivity contribution < 1.29 is 14.3 Å². The van der Waals surface area contributed by atoms with Crippen molar-refractivity contribution in [3.05, 3.63) is 41.1 Å². The number of fused-ring (bicyclic) bond motifs is 5. The van der Waals surface area contributed by atoms with Crippen molar-refractivity contribution in [1.82, 2.24) is 9.47 Å². The first-order valence-corrected chi connectivity index (χ1v) is 8.33. The zero-order valence-corrected chi connectivity index (χ0v) is 14.3. The Morgan fingerprint density at radius 3 is 2.83 bits per heavy atom. The van der Waals surface area contributed by atoms with Gasteiger partial charge in [0.1, 0.15) is 5.75 Å². The normalized spacial score (nSPS) is 20.3. The maximum Gasteiger partial charge on any atom is 0.335 e. The van der Waals surface area contributed by atoms with Crippen LogP contribution in [0.3, 0.4) is 0 Å². The Kier molecular flexibility index (Phi) is 3.61. The van der Waals surface area contributed by atoms with Crippen molar-refractivity contribution in [3.63, 3.8) is 0 Å². The number of hydrogen-bond donors (Lipinski definition) is 0. The highest BCUT2D eigenvalue weighted by Crippen LogP contribution is 2.42. The standard InChI is InChI=1S/C19H22N2O3/c1-20-16-11-12(23-2)6-7-13(16)14-8-10-21-9-4-5-15(19(22)24-3)18(21)17(14)20/h5-7,11,18H,4,8-10H2,1-3H3/t18-/m0/s1. The van der Waals surface area contributed by atoms with Crippen LogP contribution < -0.4 is 4.74 Å². The van der Waals surface area contributed by atoms with Crippen molar-refractivity contribution in [2.75, 3.05) is 27.3 Å². The van der Waals surface area contributed by atoms with Gasteiger partial charge in [-0.3, -0.25) is 4.90 Å². The van der Waals surface area contributed by atoms with E-state index in [2.05, 4.69) is 28.6 Å². The molecular formula is C19H22N2O3. The molecule has 0 amide bonds. The molecule has 5 nitrogen and oxygen atoms in total. The molecule has 2 aromatic rings. The Morgan fingerprint density at radius 1 is 1.25 bits per heavy atom. The topological polar surface area (TPSA) is 43.7 Å². The number of benzene rings is 1. The van der Waals surface area contributed by atoms with Crippen LogP contribution >= 0.6 is 0 Å². The van der Waals surface area contributed by atoms with E-state index in [9.17, 15) is 4.79 Å². The predicted molar refractivity (Wildman–Crippen MR) is 92.2 cm³/mol. The lowest BCUT2D eigenvalue weighted by Gasteiger charge is -2.39. The number of carbonyl (C=O) groups is 1. The van der Waals surface area contributed by atoms with Gasteiger partial charge in [0.2, 0.25) is 0 Å². The lowest BCUT2D eigenvalue weighted by atomic mass is 9.89. The van der Waals surface area contributed by atoms with Crippen LogP contribution in [0.4, 0.5) is 0 Å². The molecule has 2 aliphatic rings. The minimum Gasteiger partial charge on any atom is -0.497 e. The lowest BCUT2D eigenvalue weighted by Crippen LogP contribution is -2.41. The molecular weight excluding hydrogens is 304 g/mol. The Morgan fingerprint density at radius 2 is 2.08 bits per heavy atom. The number of aromatic nitrogens is 1. The molecule has 24 heavy (non-hydrogen) atoms. The van der Waals surface area contributed by atoms with Crippen LogP contribution in [0.2, 0.25) is 0 Å². The highest BCUT2D eigenvalue weighted by Gasteiger charge is 2.38. The average molecular weight is 326 g/mol. The monoisotopic (exact) mass is 326 g/mol. The van der Waals surface area contributed by atoms with E-state index in [0.717, 1.165) is 42.8 Å². The van der Waals surface area contributed by atoms with Gasteiger partial charge in [0, 0.05) is 37.3 Å². The van der Waals surface area contributed by atoms with Gasteiger partial charge in [0.25, 0.3) is 0 Å². The molecule has 0 radical (unpaired) electrons. The molecule has 5 heteroatoms. The van der Waals surface area contributed by atoms with Gasteiger partial charge in [0.05, 0.1) is 31.4 Å². The quantitative estimate of drug-likeness (QED) is 0.796. The minimum atomic E-state index is -0.222. The summed E-state index contributed by atoms with van der Waals surface area (Å²) in [4.78, 5) is 14.7. The van der Waals surface area contributed by atoms with E-state index in [0.29, 0.717) is 0 Å². The molecule has 1 atom stereocenters. The van der Waals surface area contributed by atoms with Crippen molar-refractivity contribution in [2.45, 2.75) is 18.9 Å². The molecule has 0 fully saturated rings. The van der Waals surface area contributed by atoms with E-state index in [-0.39, 0.29) is 12.0 Å². The van der Waals surface area contributed by atoms with Gasteiger partial charge in [-0.1, -0.05) is 6.08 Å². The SMILES string of the molecule is COC(=O)C1=CCCN2CCc3c(n(C)c4cc(OC)ccc34)[C@H]12. The molecule has 0 N–H and O–H groups in total. The number of aryl methyl sites for hydroxylation is 1. The number of nitrogens with zero attached hydrogens (tertiary/aromatic N) is 2. The second-order valence-corrected chi connectivity index (χ2v) is 6.43. The Hall–Kier alpha value is -2.27. The first kappa shape index (κ1) is 15.3. The first-order valence-electron chi connectivity index (χ1n) is 8.33. The zero-order chi connectivity index (χ0) is 16.8. The lowest BCUT2D eigenvalue weighted by molar-refractivity contribution is -0.137. The van der Waals surface area contributed by atoms with Crippen LogP contribution in [-0.2, 0) is 23.0 Å². The molecule has 1 aromatic heterocycles. The summed E-state index contributed by atoms with van der Waals surface area (Å²) in [7, 11) is 5.22. The van der Waals surface area contributed by atoms with E-state index >= 15 is 0 Å². The highest BCUT2D eigenvalue weighted by atomic mass is 16.5. The van der Waals surface area contributed by atoms with Crippen molar-refractivity contribution in [2.24, 2.45) is 7.05 Å². The van der Waals surface area contributed by atoms with E-state index in [1.54, 1.807) is 7.11 Å². The van der Waals surface area contributed by atoms with Crippen molar-refractivity contribution in [3.8, 4) is 5.75 Å². The van der Waals surface area contributed by atoms with Gasteiger partial charge >= 0.3 is 5.97 Å². The maximum atomic E-state index is 12.3. The largest absolute Gasteiger partial charge is 0.497 e. The smallest absolute Gasteiger partial charge is 0.335 e. The Bertz CT molecular complexity index is 850. The predicted octanol–water partition coefficient (Wildman–Crippen LogP) is 2.59. The van der Waals surface area contributed by atoms with Gasteiger partial charge < -0.3 is 14.0 Å². The fraction of sp³-hybridized carbons (Fsp3) is 0.421. The van der Waals surface area contributed by atoms with Gasteiger partial charge in [0.15, 0.2) is 0 Å². The van der Waals surface area contributed by atoms with Crippen LogP contribution in [-0.4, -0.2) is 42.7 Å². The molecule has 0 saturated carbocycles. The number of ether oxygens (including phenoxy) is 2. The van der Waals surface area contributed by atoms with Gasteiger partial charge in [-0.15, -0.1) is 0 Å². The van der Waals surface area contributed by atoms with Crippen LogP contribution in [0.1, 0.15) is 23.7 Å². The second-order valence-electron chi connectivity index (χ2n) is 6.43. The van der Waals surface area contributed by atoms with Crippen molar-refractivity contribution in [1.29, 1.82) is 0 Å². The highest BCUT2D eigenvalue weighted by molar-refractivity contribution is 5.92. The number of methoxy groups -OCH3 is 2. The van der Waals surface area contributed by atoms with Crippen LogP contribution in [0, 0.1) is 0 Å². The summed E-state index contributed by atoms with van der Waals surface area (Å²) in [5, 5.41) is 1.25. The number of rotatable bonds is 2. The molecule has 126 valence electrons. The Balaban J connectivity index is 1.94. The van der Waals surface area contributed by atoms with E-state index < -0.39 is 0 Å². The summed E-state index contributed by atoms with van der Waals surface area (Å²) in [6.45, 7) is 1.95. The van der Waals surface area contributed by atoms with E-state index in [1.807, 2.05) is 12.1 Å². The summed E-state index contributed by atoms with van der Waals surface area (Å²) in [5.41, 5.74) is 4.47. The third-order valence-electron chi connectivity index (χ3n) is 5.33. The van der Waals surface area contributed by atoms with Gasteiger partial charge in [-0.2, -0.15) is 0 Å². The Labute approximate surface area is 141 Å². The molecule has 0 spiro atoms. The third-order valence-corrected chi connectivity index (χ3v) is 5.33. The molecule has 0 saturated heterocycles. The summed E-state index contributed by atoms with van der Waals surface area (Å²) in [5.74, 6) is 0.630.